The SMILES string of the molecule is CCN1CCC(N)C12CCC(C)CC2. The molecule has 0 amide bonds. The van der Waals surface area contributed by atoms with Crippen molar-refractivity contribution >= 4 is 0 Å². The second-order valence-corrected chi connectivity index (χ2v) is 5.26. The van der Waals surface area contributed by atoms with Crippen LogP contribution in [0.1, 0.15) is 46.0 Å². The maximum Gasteiger partial charge on any atom is 0.0360 e. The van der Waals surface area contributed by atoms with Gasteiger partial charge in [0.1, 0.15) is 0 Å². The van der Waals surface area contributed by atoms with Crippen LogP contribution in [0.15, 0.2) is 0 Å². The lowest BCUT2D eigenvalue weighted by Crippen LogP contribution is -2.55. The number of nitrogens with two attached hydrogens (primary N) is 1. The fraction of sp³-hybridized carbons (Fsp3) is 1.00. The Morgan fingerprint density at radius 1 is 1.29 bits per heavy atom. The summed E-state index contributed by atoms with van der Waals surface area (Å²) >= 11 is 0. The topological polar surface area (TPSA) is 29.3 Å². The maximum atomic E-state index is 6.31. The van der Waals surface area contributed by atoms with Gasteiger partial charge in [-0.2, -0.15) is 0 Å². The Morgan fingerprint density at radius 2 is 1.93 bits per heavy atom. The lowest BCUT2D eigenvalue weighted by Gasteiger charge is -2.45. The van der Waals surface area contributed by atoms with Crippen molar-refractivity contribution in [2.75, 3.05) is 13.1 Å². The van der Waals surface area contributed by atoms with Crippen LogP contribution >= 0.6 is 0 Å². The summed E-state index contributed by atoms with van der Waals surface area (Å²) in [5, 5.41) is 0. The molecule has 1 unspecified atom stereocenters. The fourth-order valence-electron chi connectivity index (χ4n) is 3.44. The Morgan fingerprint density at radius 3 is 2.50 bits per heavy atom. The molecule has 2 nitrogen and oxygen atoms in total. The Kier molecular flexibility index (Phi) is 2.85. The molecule has 1 saturated carbocycles. The molecule has 0 bridgehead atoms. The zero-order chi connectivity index (χ0) is 10.2. The summed E-state index contributed by atoms with van der Waals surface area (Å²) in [4.78, 5) is 2.64. The lowest BCUT2D eigenvalue weighted by molar-refractivity contribution is 0.0708. The van der Waals surface area contributed by atoms with E-state index < -0.39 is 0 Å². The highest BCUT2D eigenvalue weighted by atomic mass is 15.2. The minimum Gasteiger partial charge on any atom is -0.326 e. The summed E-state index contributed by atoms with van der Waals surface area (Å²) in [7, 11) is 0. The van der Waals surface area contributed by atoms with Crippen molar-refractivity contribution in [3.05, 3.63) is 0 Å². The van der Waals surface area contributed by atoms with Gasteiger partial charge in [-0.1, -0.05) is 13.8 Å². The number of hydrogen-bond donors (Lipinski definition) is 1. The molecule has 82 valence electrons. The first-order valence-corrected chi connectivity index (χ1v) is 6.19. The number of rotatable bonds is 1. The van der Waals surface area contributed by atoms with Gasteiger partial charge in [-0.05, 0) is 44.6 Å². The molecule has 2 N–H and O–H groups in total. The van der Waals surface area contributed by atoms with E-state index in [2.05, 4.69) is 18.7 Å². The zero-order valence-corrected chi connectivity index (χ0v) is 9.63. The minimum absolute atomic E-state index is 0.390. The van der Waals surface area contributed by atoms with Gasteiger partial charge >= 0.3 is 0 Å². The summed E-state index contributed by atoms with van der Waals surface area (Å²) in [6, 6.07) is 0.440. The van der Waals surface area contributed by atoms with Gasteiger partial charge in [0.15, 0.2) is 0 Å². The predicted octanol–water partition coefficient (Wildman–Crippen LogP) is 1.99. The second-order valence-electron chi connectivity index (χ2n) is 5.26. The quantitative estimate of drug-likeness (QED) is 0.695. The largest absolute Gasteiger partial charge is 0.326 e. The number of nitrogens with zero attached hydrogens (tertiary/aromatic N) is 1. The Bertz CT molecular complexity index is 194. The molecule has 1 spiro atoms. The third-order valence-electron chi connectivity index (χ3n) is 4.55. The number of likely N-dealkylation sites (N-methyl/N-ethyl adjacent to an activating group) is 1. The van der Waals surface area contributed by atoms with Gasteiger partial charge in [-0.3, -0.25) is 4.90 Å². The molecule has 2 heteroatoms. The molecular formula is C12H24N2. The van der Waals surface area contributed by atoms with Gasteiger partial charge < -0.3 is 5.73 Å². The highest BCUT2D eigenvalue weighted by Gasteiger charge is 2.47. The molecule has 1 aliphatic carbocycles. The van der Waals surface area contributed by atoms with Gasteiger partial charge in [-0.25, -0.2) is 0 Å². The van der Waals surface area contributed by atoms with Gasteiger partial charge in [0.2, 0.25) is 0 Å². The van der Waals surface area contributed by atoms with Crippen molar-refractivity contribution in [3.63, 3.8) is 0 Å². The van der Waals surface area contributed by atoms with Crippen molar-refractivity contribution in [1.29, 1.82) is 0 Å². The van der Waals surface area contributed by atoms with Crippen LogP contribution in [0.2, 0.25) is 0 Å². The third-order valence-corrected chi connectivity index (χ3v) is 4.55. The van der Waals surface area contributed by atoms with Gasteiger partial charge in [0, 0.05) is 18.1 Å². The Hall–Kier alpha value is -0.0800. The summed E-state index contributed by atoms with van der Waals surface area (Å²) in [6.07, 6.45) is 6.64. The molecule has 2 rings (SSSR count). The zero-order valence-electron chi connectivity index (χ0n) is 9.63. The Balaban J connectivity index is 2.11. The monoisotopic (exact) mass is 196 g/mol. The summed E-state index contributed by atoms with van der Waals surface area (Å²) in [5.41, 5.74) is 6.70. The second kappa shape index (κ2) is 3.82. The van der Waals surface area contributed by atoms with E-state index in [4.69, 9.17) is 5.73 Å². The summed E-state index contributed by atoms with van der Waals surface area (Å²) in [5.74, 6) is 0.923. The van der Waals surface area contributed by atoms with E-state index in [0.29, 0.717) is 11.6 Å². The first kappa shape index (κ1) is 10.4. The normalized spacial score (nSPS) is 44.8. The number of hydrogen-bond acceptors (Lipinski definition) is 2. The molecule has 0 aromatic carbocycles. The van der Waals surface area contributed by atoms with E-state index in [1.54, 1.807) is 0 Å². The smallest absolute Gasteiger partial charge is 0.0360 e. The van der Waals surface area contributed by atoms with Gasteiger partial charge in [0.05, 0.1) is 0 Å². The first-order valence-electron chi connectivity index (χ1n) is 6.19. The highest BCUT2D eigenvalue weighted by molar-refractivity contribution is 5.05. The molecule has 2 aliphatic rings. The van der Waals surface area contributed by atoms with E-state index in [0.717, 1.165) is 5.92 Å². The van der Waals surface area contributed by atoms with Gasteiger partial charge in [0.25, 0.3) is 0 Å². The van der Waals surface area contributed by atoms with Gasteiger partial charge in [-0.15, -0.1) is 0 Å². The van der Waals surface area contributed by atoms with Crippen LogP contribution in [-0.2, 0) is 0 Å². The molecule has 0 aromatic heterocycles. The van der Waals surface area contributed by atoms with Crippen LogP contribution in [0.25, 0.3) is 0 Å². The van der Waals surface area contributed by atoms with E-state index in [-0.39, 0.29) is 0 Å². The molecule has 0 radical (unpaired) electrons. The molecule has 1 aliphatic heterocycles. The molecule has 1 saturated heterocycles. The highest BCUT2D eigenvalue weighted by Crippen LogP contribution is 2.42. The fourth-order valence-corrected chi connectivity index (χ4v) is 3.44. The predicted molar refractivity (Wildman–Crippen MR) is 60.2 cm³/mol. The average molecular weight is 196 g/mol. The molecule has 0 aromatic rings. The van der Waals surface area contributed by atoms with Crippen LogP contribution in [-0.4, -0.2) is 29.6 Å². The standard InChI is InChI=1S/C12H24N2/c1-3-14-9-6-11(13)12(14)7-4-10(2)5-8-12/h10-11H,3-9,13H2,1-2H3. The van der Waals surface area contributed by atoms with E-state index in [1.165, 1.54) is 45.2 Å². The van der Waals surface area contributed by atoms with Crippen molar-refractivity contribution < 1.29 is 0 Å². The van der Waals surface area contributed by atoms with Crippen LogP contribution in [0.5, 0.6) is 0 Å². The molecular weight excluding hydrogens is 172 g/mol. The maximum absolute atomic E-state index is 6.31. The van der Waals surface area contributed by atoms with Crippen molar-refractivity contribution in [2.24, 2.45) is 11.7 Å². The molecule has 1 atom stereocenters. The lowest BCUT2D eigenvalue weighted by atomic mass is 9.73. The van der Waals surface area contributed by atoms with E-state index >= 15 is 0 Å². The third kappa shape index (κ3) is 1.49. The van der Waals surface area contributed by atoms with E-state index in [1.807, 2.05) is 0 Å². The van der Waals surface area contributed by atoms with Crippen molar-refractivity contribution in [1.82, 2.24) is 4.90 Å². The summed E-state index contributed by atoms with van der Waals surface area (Å²) in [6.45, 7) is 7.07. The molecule has 1 heterocycles. The molecule has 2 fully saturated rings. The van der Waals surface area contributed by atoms with Crippen LogP contribution in [0.3, 0.4) is 0 Å². The van der Waals surface area contributed by atoms with Crippen molar-refractivity contribution in [3.8, 4) is 0 Å². The number of likely N-dealkylation sites (tertiary alicyclic amines) is 1. The summed E-state index contributed by atoms with van der Waals surface area (Å²) < 4.78 is 0. The van der Waals surface area contributed by atoms with Crippen molar-refractivity contribution in [2.45, 2.75) is 57.5 Å². The van der Waals surface area contributed by atoms with Crippen LogP contribution < -0.4 is 5.73 Å². The van der Waals surface area contributed by atoms with E-state index in [9.17, 15) is 0 Å². The van der Waals surface area contributed by atoms with Crippen LogP contribution in [0.4, 0.5) is 0 Å². The first-order chi connectivity index (χ1) is 6.69. The minimum atomic E-state index is 0.390. The van der Waals surface area contributed by atoms with Crippen LogP contribution in [0, 0.1) is 5.92 Å². The molecule has 14 heavy (non-hydrogen) atoms. The Labute approximate surface area is 87.8 Å². The average Bonchev–Trinajstić information content (AvgIpc) is 2.49.